The number of rotatable bonds is 6. The molecule has 4 nitrogen and oxygen atoms in total. The van der Waals surface area contributed by atoms with Crippen LogP contribution in [-0.4, -0.2) is 33.8 Å². The Bertz CT molecular complexity index is 164. The molecule has 0 aliphatic heterocycles. The van der Waals surface area contributed by atoms with E-state index in [0.717, 1.165) is 30.0 Å². The number of amides is 1. The van der Waals surface area contributed by atoms with E-state index >= 15 is 0 Å². The molecule has 0 spiro atoms. The van der Waals surface area contributed by atoms with Crippen molar-refractivity contribution in [1.82, 2.24) is 0 Å². The van der Waals surface area contributed by atoms with Crippen LogP contribution in [-0.2, 0) is 8.85 Å². The fourth-order valence-electron chi connectivity index (χ4n) is 0.854. The first-order valence-corrected chi connectivity index (χ1v) is 7.57. The van der Waals surface area contributed by atoms with Crippen LogP contribution < -0.4 is 5.73 Å². The number of primary amides is 1. The van der Waals surface area contributed by atoms with E-state index in [4.69, 9.17) is 14.6 Å². The molecule has 0 bridgehead atoms. The summed E-state index contributed by atoms with van der Waals surface area (Å²) in [5, 5.41) is -0.321. The molecule has 0 aromatic heterocycles. The summed E-state index contributed by atoms with van der Waals surface area (Å²) in [6.07, 6.45) is 0.901. The van der Waals surface area contributed by atoms with Gasteiger partial charge in [-0.3, -0.25) is 4.79 Å². The van der Waals surface area contributed by atoms with Gasteiger partial charge in [0.25, 0.3) is 5.24 Å². The van der Waals surface area contributed by atoms with Gasteiger partial charge in [-0.05, 0) is 19.0 Å². The van der Waals surface area contributed by atoms with Gasteiger partial charge < -0.3 is 14.6 Å². The molecule has 1 amide bonds. The van der Waals surface area contributed by atoms with Crippen molar-refractivity contribution in [3.05, 3.63) is 0 Å². The van der Waals surface area contributed by atoms with Gasteiger partial charge in [-0.15, -0.1) is 0 Å². The van der Waals surface area contributed by atoms with Crippen LogP contribution in [0.4, 0.5) is 4.79 Å². The normalized spacial score (nSPS) is 11.6. The molecule has 0 aliphatic carbocycles. The summed E-state index contributed by atoms with van der Waals surface area (Å²) in [5.41, 5.74) is 4.98. The van der Waals surface area contributed by atoms with Crippen molar-refractivity contribution in [2.75, 3.05) is 20.0 Å². The molecule has 13 heavy (non-hydrogen) atoms. The fourth-order valence-corrected chi connectivity index (χ4v) is 2.99. The number of nitrogens with two attached hydrogens (primary N) is 1. The van der Waals surface area contributed by atoms with Crippen LogP contribution in [0.1, 0.15) is 6.42 Å². The molecule has 0 saturated carbocycles. The number of thioether (sulfide) groups is 1. The minimum Gasteiger partial charge on any atom is -0.398 e. The maximum atomic E-state index is 10.4. The Morgan fingerprint density at radius 2 is 2.00 bits per heavy atom. The molecule has 6 heteroatoms. The average molecular weight is 223 g/mol. The molecule has 0 aromatic rings. The largest absolute Gasteiger partial charge is 0.398 e. The van der Waals surface area contributed by atoms with Crippen LogP contribution in [0.3, 0.4) is 0 Å². The van der Waals surface area contributed by atoms with Crippen molar-refractivity contribution >= 4 is 25.6 Å². The molecule has 0 saturated heterocycles. The van der Waals surface area contributed by atoms with Gasteiger partial charge in [0, 0.05) is 20.0 Å². The van der Waals surface area contributed by atoms with E-state index in [-0.39, 0.29) is 5.24 Å². The van der Waals surface area contributed by atoms with E-state index in [2.05, 4.69) is 0 Å². The maximum absolute atomic E-state index is 10.4. The van der Waals surface area contributed by atoms with Crippen LogP contribution >= 0.6 is 11.8 Å². The molecule has 0 radical (unpaired) electrons. The average Bonchev–Trinajstić information content (AvgIpc) is 2.12. The van der Waals surface area contributed by atoms with Crippen LogP contribution in [0.15, 0.2) is 0 Å². The minimum atomic E-state index is -1.93. The van der Waals surface area contributed by atoms with E-state index in [1.807, 2.05) is 6.55 Å². The molecule has 0 aromatic carbocycles. The monoisotopic (exact) mass is 223 g/mol. The predicted molar refractivity (Wildman–Crippen MR) is 57.1 cm³/mol. The summed E-state index contributed by atoms with van der Waals surface area (Å²) in [6.45, 7) is 2.00. The lowest BCUT2D eigenvalue weighted by molar-refractivity contribution is 0.249. The summed E-state index contributed by atoms with van der Waals surface area (Å²) in [7, 11) is 1.39. The van der Waals surface area contributed by atoms with Gasteiger partial charge >= 0.3 is 8.56 Å². The molecule has 2 N–H and O–H groups in total. The zero-order valence-corrected chi connectivity index (χ0v) is 10.1. The summed E-state index contributed by atoms with van der Waals surface area (Å²) < 4.78 is 10.6. The number of carbonyl (C=O) groups excluding carboxylic acids is 1. The van der Waals surface area contributed by atoms with E-state index in [9.17, 15) is 4.79 Å². The highest BCUT2D eigenvalue weighted by molar-refractivity contribution is 8.13. The first-order chi connectivity index (χ1) is 6.04. The quantitative estimate of drug-likeness (QED) is 0.548. The van der Waals surface area contributed by atoms with Crippen molar-refractivity contribution in [3.63, 3.8) is 0 Å². The third-order valence-corrected chi connectivity index (χ3v) is 5.65. The van der Waals surface area contributed by atoms with E-state index in [0.29, 0.717) is 0 Å². The predicted octanol–water partition coefficient (Wildman–Crippen LogP) is 1.55. The Morgan fingerprint density at radius 1 is 1.46 bits per heavy atom. The molecule has 78 valence electrons. The number of hydrogen-bond acceptors (Lipinski definition) is 4. The van der Waals surface area contributed by atoms with Crippen molar-refractivity contribution in [1.29, 1.82) is 0 Å². The Hall–Kier alpha value is -0.0431. The molecule has 0 aliphatic rings. The fraction of sp³-hybridized carbons (Fsp3) is 0.857. The van der Waals surface area contributed by atoms with Crippen LogP contribution in [0.5, 0.6) is 0 Å². The highest BCUT2D eigenvalue weighted by atomic mass is 32.2. The Balaban J connectivity index is 3.55. The second-order valence-electron chi connectivity index (χ2n) is 2.81. The molecule has 0 fully saturated rings. The standard InChI is InChI=1S/C7H17NO3SSi/c1-10-13(3,11-2)6-4-5-12-7(8)9/h4-6H2,1-3H3,(H2,8,9). The maximum Gasteiger partial charge on any atom is 0.334 e. The van der Waals surface area contributed by atoms with E-state index in [1.165, 1.54) is 0 Å². The third-order valence-electron chi connectivity index (χ3n) is 1.88. The van der Waals surface area contributed by atoms with Gasteiger partial charge in [-0.1, -0.05) is 11.8 Å². The van der Waals surface area contributed by atoms with Gasteiger partial charge in [-0.25, -0.2) is 0 Å². The SMILES string of the molecule is CO[Si](C)(CCCSC(N)=O)OC. The van der Waals surface area contributed by atoms with Crippen molar-refractivity contribution in [3.8, 4) is 0 Å². The molecule has 0 atom stereocenters. The molecule has 0 heterocycles. The molecular formula is C7H17NO3SSi. The van der Waals surface area contributed by atoms with E-state index < -0.39 is 8.56 Å². The Morgan fingerprint density at radius 3 is 2.38 bits per heavy atom. The molecule has 0 rings (SSSR count). The van der Waals surface area contributed by atoms with Gasteiger partial charge in [0.2, 0.25) is 0 Å². The number of hydrogen-bond donors (Lipinski definition) is 1. The zero-order chi connectivity index (χ0) is 10.3. The highest BCUT2D eigenvalue weighted by Gasteiger charge is 2.27. The lowest BCUT2D eigenvalue weighted by atomic mass is 10.6. The smallest absolute Gasteiger partial charge is 0.334 e. The summed E-state index contributed by atoms with van der Waals surface area (Å²) in [6, 6.07) is 0.889. The molecular weight excluding hydrogens is 206 g/mol. The van der Waals surface area contributed by atoms with E-state index in [1.54, 1.807) is 14.2 Å². The van der Waals surface area contributed by atoms with Gasteiger partial charge in [-0.2, -0.15) is 0 Å². The van der Waals surface area contributed by atoms with Crippen molar-refractivity contribution in [2.24, 2.45) is 5.73 Å². The molecule has 0 unspecified atom stereocenters. The summed E-state index contributed by atoms with van der Waals surface area (Å²) in [5.74, 6) is 0.741. The Labute approximate surface area is 84.4 Å². The van der Waals surface area contributed by atoms with Crippen LogP contribution in [0.25, 0.3) is 0 Å². The summed E-state index contributed by atoms with van der Waals surface area (Å²) >= 11 is 1.14. The number of carbonyl (C=O) groups is 1. The third kappa shape index (κ3) is 6.09. The lowest BCUT2D eigenvalue weighted by Gasteiger charge is -2.22. The second-order valence-corrected chi connectivity index (χ2v) is 7.50. The van der Waals surface area contributed by atoms with Gasteiger partial charge in [0.15, 0.2) is 0 Å². The van der Waals surface area contributed by atoms with Gasteiger partial charge in [0.05, 0.1) is 0 Å². The second kappa shape index (κ2) is 6.42. The van der Waals surface area contributed by atoms with Crippen LogP contribution in [0.2, 0.25) is 12.6 Å². The first kappa shape index (κ1) is 13.0. The Kier molecular flexibility index (Phi) is 6.40. The van der Waals surface area contributed by atoms with Crippen LogP contribution in [0, 0.1) is 0 Å². The first-order valence-electron chi connectivity index (χ1n) is 4.06. The zero-order valence-electron chi connectivity index (χ0n) is 8.33. The topological polar surface area (TPSA) is 61.5 Å². The lowest BCUT2D eigenvalue weighted by Crippen LogP contribution is -2.35. The van der Waals surface area contributed by atoms with Crippen molar-refractivity contribution in [2.45, 2.75) is 19.0 Å². The minimum absolute atomic E-state index is 0.321. The van der Waals surface area contributed by atoms with Gasteiger partial charge in [0.1, 0.15) is 0 Å². The van der Waals surface area contributed by atoms with Crippen molar-refractivity contribution < 1.29 is 13.6 Å². The summed E-state index contributed by atoms with van der Waals surface area (Å²) in [4.78, 5) is 10.4. The highest BCUT2D eigenvalue weighted by Crippen LogP contribution is 2.15.